The molecule has 2 atom stereocenters. The molecular weight excluding hydrogens is 282 g/mol. The lowest BCUT2D eigenvalue weighted by Crippen LogP contribution is -2.45. The highest BCUT2D eigenvalue weighted by Crippen LogP contribution is 2.32. The van der Waals surface area contributed by atoms with E-state index in [-0.39, 0.29) is 0 Å². The van der Waals surface area contributed by atoms with Gasteiger partial charge in [0, 0.05) is 25.3 Å². The van der Waals surface area contributed by atoms with Crippen LogP contribution in [-0.2, 0) is 19.4 Å². The molecule has 3 heteroatoms. The summed E-state index contributed by atoms with van der Waals surface area (Å²) in [6.07, 6.45) is 6.75. The first-order valence-corrected chi connectivity index (χ1v) is 8.75. The van der Waals surface area contributed by atoms with Crippen molar-refractivity contribution in [1.82, 2.24) is 15.2 Å². The Balaban J connectivity index is 1.46. The first kappa shape index (κ1) is 14.9. The molecule has 1 aromatic heterocycles. The number of likely N-dealkylation sites (N-methyl/N-ethyl adjacent to an activating group) is 1. The highest BCUT2D eigenvalue weighted by atomic mass is 15.2. The molecule has 2 aliphatic rings. The monoisotopic (exact) mass is 307 g/mol. The fourth-order valence-corrected chi connectivity index (χ4v) is 4.14. The number of pyridine rings is 1. The molecule has 0 bridgehead atoms. The zero-order valence-electron chi connectivity index (χ0n) is 13.8. The van der Waals surface area contributed by atoms with Gasteiger partial charge in [-0.15, -0.1) is 0 Å². The third-order valence-corrected chi connectivity index (χ3v) is 5.37. The predicted molar refractivity (Wildman–Crippen MR) is 93.3 cm³/mol. The Morgan fingerprint density at radius 2 is 1.96 bits per heavy atom. The normalized spacial score (nSPS) is 23.4. The molecule has 1 aromatic carbocycles. The fourth-order valence-electron chi connectivity index (χ4n) is 4.14. The van der Waals surface area contributed by atoms with Crippen LogP contribution in [0.2, 0.25) is 0 Å². The smallest absolute Gasteiger partial charge is 0.0607 e. The minimum Gasteiger partial charge on any atom is -0.308 e. The molecule has 0 amide bonds. The number of hydrogen-bond donors (Lipinski definition) is 1. The largest absolute Gasteiger partial charge is 0.308 e. The van der Waals surface area contributed by atoms with Gasteiger partial charge in [0.15, 0.2) is 0 Å². The Morgan fingerprint density at radius 3 is 2.87 bits per heavy atom. The van der Waals surface area contributed by atoms with Crippen molar-refractivity contribution in [3.63, 3.8) is 0 Å². The Labute approximate surface area is 138 Å². The van der Waals surface area contributed by atoms with Gasteiger partial charge in [0.25, 0.3) is 0 Å². The number of hydrogen-bond acceptors (Lipinski definition) is 3. The summed E-state index contributed by atoms with van der Waals surface area (Å²) in [5, 5.41) is 3.71. The molecular formula is C20H25N3. The number of nitrogens with one attached hydrogen (secondary N) is 1. The van der Waals surface area contributed by atoms with Gasteiger partial charge in [-0.3, -0.25) is 9.88 Å². The second kappa shape index (κ2) is 6.42. The van der Waals surface area contributed by atoms with E-state index in [1.807, 2.05) is 6.20 Å². The minimum atomic E-state index is 0.471. The number of aromatic nitrogens is 1. The van der Waals surface area contributed by atoms with Crippen molar-refractivity contribution < 1.29 is 0 Å². The third-order valence-electron chi connectivity index (χ3n) is 5.37. The minimum absolute atomic E-state index is 0.471. The first-order valence-electron chi connectivity index (χ1n) is 8.75. The molecule has 1 aliphatic heterocycles. The van der Waals surface area contributed by atoms with Crippen LogP contribution in [0, 0.1) is 0 Å². The maximum Gasteiger partial charge on any atom is 0.0607 e. The van der Waals surface area contributed by atoms with E-state index in [9.17, 15) is 0 Å². The summed E-state index contributed by atoms with van der Waals surface area (Å²) >= 11 is 0. The summed E-state index contributed by atoms with van der Waals surface area (Å²) in [5.74, 6) is 0. The number of benzene rings is 1. The van der Waals surface area contributed by atoms with Crippen LogP contribution in [0.4, 0.5) is 0 Å². The van der Waals surface area contributed by atoms with E-state index in [2.05, 4.69) is 58.6 Å². The molecule has 2 aromatic rings. The average Bonchev–Trinajstić information content (AvgIpc) is 2.61. The molecule has 120 valence electrons. The summed E-state index contributed by atoms with van der Waals surface area (Å²) in [4.78, 5) is 7.20. The first-order chi connectivity index (χ1) is 11.3. The van der Waals surface area contributed by atoms with Crippen molar-refractivity contribution in [3.8, 4) is 0 Å². The van der Waals surface area contributed by atoms with E-state index >= 15 is 0 Å². The quantitative estimate of drug-likeness (QED) is 0.944. The van der Waals surface area contributed by atoms with Crippen LogP contribution >= 0.6 is 0 Å². The van der Waals surface area contributed by atoms with E-state index < -0.39 is 0 Å². The number of aryl methyl sites for hydroxylation is 1. The molecule has 2 unspecified atom stereocenters. The summed E-state index contributed by atoms with van der Waals surface area (Å²) < 4.78 is 0. The van der Waals surface area contributed by atoms with E-state index in [1.165, 1.54) is 41.6 Å². The van der Waals surface area contributed by atoms with Gasteiger partial charge in [-0.05, 0) is 55.5 Å². The second-order valence-corrected chi connectivity index (χ2v) is 6.95. The van der Waals surface area contributed by atoms with E-state index in [4.69, 9.17) is 0 Å². The molecule has 0 spiro atoms. The highest BCUT2D eigenvalue weighted by molar-refractivity contribution is 5.30. The lowest BCUT2D eigenvalue weighted by molar-refractivity contribution is 0.191. The fraction of sp³-hybridized carbons (Fsp3) is 0.450. The lowest BCUT2D eigenvalue weighted by atomic mass is 9.90. The van der Waals surface area contributed by atoms with Crippen molar-refractivity contribution in [1.29, 1.82) is 0 Å². The topological polar surface area (TPSA) is 28.2 Å². The molecule has 23 heavy (non-hydrogen) atoms. The summed E-state index contributed by atoms with van der Waals surface area (Å²) in [6.45, 7) is 2.07. The third kappa shape index (κ3) is 3.04. The van der Waals surface area contributed by atoms with Crippen LogP contribution in [0.1, 0.15) is 41.3 Å². The van der Waals surface area contributed by atoms with Gasteiger partial charge in [-0.1, -0.05) is 30.3 Å². The van der Waals surface area contributed by atoms with Gasteiger partial charge < -0.3 is 5.32 Å². The van der Waals surface area contributed by atoms with Gasteiger partial charge in [-0.25, -0.2) is 0 Å². The molecule has 1 aliphatic carbocycles. The van der Waals surface area contributed by atoms with E-state index in [0.29, 0.717) is 12.1 Å². The molecule has 0 radical (unpaired) electrons. The summed E-state index contributed by atoms with van der Waals surface area (Å²) in [6, 6.07) is 14.1. The van der Waals surface area contributed by atoms with Crippen molar-refractivity contribution in [2.75, 3.05) is 13.6 Å². The molecule has 4 rings (SSSR count). The number of rotatable bonds is 3. The van der Waals surface area contributed by atoms with Crippen molar-refractivity contribution in [2.45, 2.75) is 44.3 Å². The number of fused-ring (bicyclic) bond motifs is 2. The molecule has 0 fully saturated rings. The maximum absolute atomic E-state index is 4.69. The standard InChI is InChI=1S/C20H25N3/c1-23(19-10-4-8-15-9-5-11-21-20(15)19)14-18-12-16-6-2-3-7-17(16)13-22-18/h2-3,5-7,9,11,18-19,22H,4,8,10,12-14H2,1H3. The number of nitrogens with zero attached hydrogens (tertiary/aromatic N) is 2. The summed E-state index contributed by atoms with van der Waals surface area (Å²) in [5.41, 5.74) is 5.71. The molecule has 0 saturated carbocycles. The van der Waals surface area contributed by atoms with Crippen LogP contribution in [0.15, 0.2) is 42.6 Å². The average molecular weight is 307 g/mol. The van der Waals surface area contributed by atoms with Crippen LogP contribution in [0.25, 0.3) is 0 Å². The highest BCUT2D eigenvalue weighted by Gasteiger charge is 2.27. The predicted octanol–water partition coefficient (Wildman–Crippen LogP) is 3.11. The molecule has 3 nitrogen and oxygen atoms in total. The van der Waals surface area contributed by atoms with E-state index in [0.717, 1.165) is 19.5 Å². The maximum atomic E-state index is 4.69. The van der Waals surface area contributed by atoms with Crippen molar-refractivity contribution >= 4 is 0 Å². The van der Waals surface area contributed by atoms with E-state index in [1.54, 1.807) is 0 Å². The van der Waals surface area contributed by atoms with Crippen LogP contribution in [0.3, 0.4) is 0 Å². The van der Waals surface area contributed by atoms with Gasteiger partial charge in [0.2, 0.25) is 0 Å². The molecule has 2 heterocycles. The zero-order chi connectivity index (χ0) is 15.6. The van der Waals surface area contributed by atoms with Crippen molar-refractivity contribution in [2.24, 2.45) is 0 Å². The Bertz CT molecular complexity index is 682. The zero-order valence-corrected chi connectivity index (χ0v) is 13.8. The van der Waals surface area contributed by atoms with Crippen LogP contribution in [-0.4, -0.2) is 29.5 Å². The Kier molecular flexibility index (Phi) is 4.15. The molecule has 1 N–H and O–H groups in total. The Hall–Kier alpha value is -1.71. The van der Waals surface area contributed by atoms with Crippen LogP contribution in [0.5, 0.6) is 0 Å². The van der Waals surface area contributed by atoms with Gasteiger partial charge in [0.05, 0.1) is 11.7 Å². The van der Waals surface area contributed by atoms with Gasteiger partial charge in [-0.2, -0.15) is 0 Å². The molecule has 0 saturated heterocycles. The lowest BCUT2D eigenvalue weighted by Gasteiger charge is -2.36. The Morgan fingerprint density at radius 1 is 1.13 bits per heavy atom. The SMILES string of the molecule is CN(CC1Cc2ccccc2CN1)C1CCCc2cccnc21. The van der Waals surface area contributed by atoms with Gasteiger partial charge >= 0.3 is 0 Å². The summed E-state index contributed by atoms with van der Waals surface area (Å²) in [7, 11) is 2.26. The van der Waals surface area contributed by atoms with Gasteiger partial charge in [0.1, 0.15) is 0 Å². The van der Waals surface area contributed by atoms with Crippen molar-refractivity contribution in [3.05, 3.63) is 65.0 Å². The van der Waals surface area contributed by atoms with Crippen LogP contribution < -0.4 is 5.32 Å². The second-order valence-electron chi connectivity index (χ2n) is 6.95.